The summed E-state index contributed by atoms with van der Waals surface area (Å²) < 4.78 is 11.2. The minimum Gasteiger partial charge on any atom is -0.490 e. The van der Waals surface area contributed by atoms with Crippen LogP contribution in [0.4, 0.5) is 0 Å². The quantitative estimate of drug-likeness (QED) is 0.752. The van der Waals surface area contributed by atoms with Crippen LogP contribution in [-0.2, 0) is 4.79 Å². The summed E-state index contributed by atoms with van der Waals surface area (Å²) in [5.74, 6) is 0.734. The molecule has 0 saturated carbocycles. The van der Waals surface area contributed by atoms with Crippen LogP contribution in [0, 0.1) is 0 Å². The number of rotatable bonds is 9. The summed E-state index contributed by atoms with van der Waals surface area (Å²) >= 11 is 0. The molecule has 0 fully saturated rings. The summed E-state index contributed by atoms with van der Waals surface area (Å²) in [7, 11) is 1.60. The minimum absolute atomic E-state index is 0.00900. The number of nitrogens with one attached hydrogen (secondary N) is 1. The highest BCUT2D eigenvalue weighted by molar-refractivity contribution is 5.96. The number of benzene rings is 1. The molecule has 24 heavy (non-hydrogen) atoms. The Bertz CT molecular complexity index is 558. The zero-order valence-electron chi connectivity index (χ0n) is 15.2. The molecule has 0 aliphatic heterocycles. The molecule has 0 unspecified atom stereocenters. The summed E-state index contributed by atoms with van der Waals surface area (Å²) in [4.78, 5) is 25.7. The maximum absolute atomic E-state index is 12.5. The fraction of sp³-hybridized carbons (Fsp3) is 0.556. The van der Waals surface area contributed by atoms with Gasteiger partial charge >= 0.3 is 0 Å². The fourth-order valence-corrected chi connectivity index (χ4v) is 2.12. The Kier molecular flexibility index (Phi) is 8.09. The van der Waals surface area contributed by atoms with Crippen molar-refractivity contribution in [1.82, 2.24) is 10.2 Å². The first-order chi connectivity index (χ1) is 11.4. The maximum Gasteiger partial charge on any atom is 0.254 e. The molecule has 0 aromatic heterocycles. The van der Waals surface area contributed by atoms with E-state index in [1.807, 2.05) is 27.7 Å². The molecule has 1 aromatic rings. The molecule has 0 spiro atoms. The van der Waals surface area contributed by atoms with E-state index < -0.39 is 0 Å². The monoisotopic (exact) mass is 336 g/mol. The number of ether oxygens (including phenoxy) is 2. The first-order valence-electron chi connectivity index (χ1n) is 8.33. The van der Waals surface area contributed by atoms with Gasteiger partial charge in [0.05, 0.1) is 19.8 Å². The van der Waals surface area contributed by atoms with Crippen molar-refractivity contribution in [2.45, 2.75) is 40.2 Å². The Labute approximate surface area is 144 Å². The van der Waals surface area contributed by atoms with Crippen LogP contribution in [0.3, 0.4) is 0 Å². The van der Waals surface area contributed by atoms with Crippen molar-refractivity contribution in [3.8, 4) is 11.5 Å². The molecule has 0 aliphatic carbocycles. The molecule has 6 nitrogen and oxygen atoms in total. The molecule has 0 heterocycles. The molecule has 0 saturated heterocycles. The summed E-state index contributed by atoms with van der Waals surface area (Å²) in [6.45, 7) is 8.73. The van der Waals surface area contributed by atoms with E-state index >= 15 is 0 Å². The van der Waals surface area contributed by atoms with Crippen molar-refractivity contribution in [1.29, 1.82) is 0 Å². The Morgan fingerprint density at radius 3 is 2.46 bits per heavy atom. The molecule has 134 valence electrons. The van der Waals surface area contributed by atoms with Gasteiger partial charge < -0.3 is 19.7 Å². The third-order valence-electron chi connectivity index (χ3n) is 3.13. The van der Waals surface area contributed by atoms with Crippen molar-refractivity contribution < 1.29 is 19.1 Å². The molecule has 1 N–H and O–H groups in total. The fourth-order valence-electron chi connectivity index (χ4n) is 2.12. The number of nitrogens with zero attached hydrogens (tertiary/aromatic N) is 1. The molecular weight excluding hydrogens is 308 g/mol. The average Bonchev–Trinajstić information content (AvgIpc) is 2.52. The summed E-state index contributed by atoms with van der Waals surface area (Å²) in [6, 6.07) is 5.12. The van der Waals surface area contributed by atoms with Crippen LogP contribution in [0.5, 0.6) is 11.5 Å². The number of carbonyl (C=O) groups is 2. The van der Waals surface area contributed by atoms with E-state index in [-0.39, 0.29) is 24.4 Å². The molecule has 0 aliphatic rings. The van der Waals surface area contributed by atoms with Crippen LogP contribution in [0.15, 0.2) is 18.2 Å². The predicted octanol–water partition coefficient (Wildman–Crippen LogP) is 2.47. The van der Waals surface area contributed by atoms with Gasteiger partial charge in [0.2, 0.25) is 5.91 Å². The van der Waals surface area contributed by atoms with E-state index in [0.29, 0.717) is 30.3 Å². The van der Waals surface area contributed by atoms with Crippen molar-refractivity contribution in [3.05, 3.63) is 23.8 Å². The van der Waals surface area contributed by atoms with Crippen molar-refractivity contribution >= 4 is 11.8 Å². The van der Waals surface area contributed by atoms with Crippen molar-refractivity contribution in [2.24, 2.45) is 0 Å². The van der Waals surface area contributed by atoms with Crippen LogP contribution in [0.1, 0.15) is 44.5 Å². The molecule has 0 atom stereocenters. The zero-order chi connectivity index (χ0) is 18.1. The van der Waals surface area contributed by atoms with Gasteiger partial charge in [0, 0.05) is 18.7 Å². The lowest BCUT2D eigenvalue weighted by atomic mass is 10.1. The molecule has 2 amide bonds. The van der Waals surface area contributed by atoms with Gasteiger partial charge in [-0.15, -0.1) is 0 Å². The van der Waals surface area contributed by atoms with Gasteiger partial charge in [0.25, 0.3) is 5.91 Å². The number of hydrogen-bond acceptors (Lipinski definition) is 4. The van der Waals surface area contributed by atoms with Crippen molar-refractivity contribution in [3.63, 3.8) is 0 Å². The lowest BCUT2D eigenvalue weighted by Crippen LogP contribution is -2.40. The second-order valence-corrected chi connectivity index (χ2v) is 5.83. The van der Waals surface area contributed by atoms with Gasteiger partial charge in [-0.25, -0.2) is 0 Å². The minimum atomic E-state index is -0.239. The van der Waals surface area contributed by atoms with E-state index in [1.54, 1.807) is 25.2 Å². The van der Waals surface area contributed by atoms with Gasteiger partial charge in [-0.3, -0.25) is 9.59 Å². The van der Waals surface area contributed by atoms with Crippen LogP contribution in [-0.4, -0.2) is 49.6 Å². The summed E-state index contributed by atoms with van der Waals surface area (Å²) in [6.07, 6.45) is 0.889. The van der Waals surface area contributed by atoms with Crippen LogP contribution in [0.25, 0.3) is 0 Å². The predicted molar refractivity (Wildman–Crippen MR) is 93.6 cm³/mol. The molecule has 1 rings (SSSR count). The van der Waals surface area contributed by atoms with Gasteiger partial charge in [-0.2, -0.15) is 0 Å². The SMILES string of the molecule is CCCOc1ccc(C(=O)N(C)CC(=O)NC(C)C)cc1OCC. The molecule has 0 radical (unpaired) electrons. The standard InChI is InChI=1S/C18H28N2O4/c1-6-10-24-15-9-8-14(11-16(15)23-7-2)18(22)20(5)12-17(21)19-13(3)4/h8-9,11,13H,6-7,10,12H2,1-5H3,(H,19,21). The third kappa shape index (κ3) is 6.10. The zero-order valence-corrected chi connectivity index (χ0v) is 15.2. The van der Waals surface area contributed by atoms with E-state index in [2.05, 4.69) is 5.32 Å². The highest BCUT2D eigenvalue weighted by Gasteiger charge is 2.17. The number of carbonyl (C=O) groups excluding carboxylic acids is 2. The number of amides is 2. The molecular formula is C18H28N2O4. The Morgan fingerprint density at radius 2 is 1.88 bits per heavy atom. The van der Waals surface area contributed by atoms with E-state index in [4.69, 9.17) is 9.47 Å². The largest absolute Gasteiger partial charge is 0.490 e. The highest BCUT2D eigenvalue weighted by atomic mass is 16.5. The first kappa shape index (κ1) is 19.8. The lowest BCUT2D eigenvalue weighted by molar-refractivity contribution is -0.122. The second kappa shape index (κ2) is 9.80. The smallest absolute Gasteiger partial charge is 0.254 e. The Morgan fingerprint density at radius 1 is 1.17 bits per heavy atom. The number of hydrogen-bond donors (Lipinski definition) is 1. The Balaban J connectivity index is 2.85. The van der Waals surface area contributed by atoms with Crippen LogP contribution in [0.2, 0.25) is 0 Å². The third-order valence-corrected chi connectivity index (χ3v) is 3.13. The van der Waals surface area contributed by atoms with Gasteiger partial charge in [0.1, 0.15) is 0 Å². The Hall–Kier alpha value is -2.24. The summed E-state index contributed by atoms with van der Waals surface area (Å²) in [5, 5.41) is 2.77. The van der Waals surface area contributed by atoms with Crippen LogP contribution >= 0.6 is 0 Å². The average molecular weight is 336 g/mol. The van der Waals surface area contributed by atoms with E-state index in [0.717, 1.165) is 6.42 Å². The number of likely N-dealkylation sites (N-methyl/N-ethyl adjacent to an activating group) is 1. The molecule has 0 bridgehead atoms. The first-order valence-corrected chi connectivity index (χ1v) is 8.33. The van der Waals surface area contributed by atoms with E-state index in [9.17, 15) is 9.59 Å². The van der Waals surface area contributed by atoms with Crippen LogP contribution < -0.4 is 14.8 Å². The maximum atomic E-state index is 12.5. The van der Waals surface area contributed by atoms with Gasteiger partial charge in [-0.05, 0) is 45.4 Å². The summed E-state index contributed by atoms with van der Waals surface area (Å²) in [5.41, 5.74) is 0.460. The van der Waals surface area contributed by atoms with Gasteiger partial charge in [-0.1, -0.05) is 6.92 Å². The second-order valence-electron chi connectivity index (χ2n) is 5.83. The lowest BCUT2D eigenvalue weighted by Gasteiger charge is -2.19. The highest BCUT2D eigenvalue weighted by Crippen LogP contribution is 2.29. The topological polar surface area (TPSA) is 67.9 Å². The van der Waals surface area contributed by atoms with Gasteiger partial charge in [0.15, 0.2) is 11.5 Å². The molecule has 6 heteroatoms. The van der Waals surface area contributed by atoms with Crippen molar-refractivity contribution in [2.75, 3.05) is 26.8 Å². The molecule has 1 aromatic carbocycles. The van der Waals surface area contributed by atoms with E-state index in [1.165, 1.54) is 4.90 Å². The normalized spacial score (nSPS) is 10.4.